The number of aliphatic hydroxyl groups excluding tert-OH is 2. The quantitative estimate of drug-likeness (QED) is 0.501. The molecule has 1 aliphatic heterocycles. The molecule has 1 fully saturated rings. The number of hydrogen-bond acceptors (Lipinski definition) is 4. The molecule has 1 aliphatic rings. The van der Waals surface area contributed by atoms with Gasteiger partial charge in [0.2, 0.25) is 0 Å². The zero-order valence-electron chi connectivity index (χ0n) is 7.70. The summed E-state index contributed by atoms with van der Waals surface area (Å²) in [6.07, 6.45) is -0.764. The van der Waals surface area contributed by atoms with Gasteiger partial charge in [0.15, 0.2) is 0 Å². The van der Waals surface area contributed by atoms with Crippen molar-refractivity contribution < 1.29 is 10.2 Å². The third-order valence-corrected chi connectivity index (χ3v) is 2.35. The standard InChI is InChI=1S/C8H18N2O2/c1-6(11)8-5-10(7(2)12)4-3-9-8/h6-9,11-12H,3-5H2,1-2H3. The zero-order chi connectivity index (χ0) is 9.14. The van der Waals surface area contributed by atoms with Crippen molar-refractivity contribution in [2.24, 2.45) is 0 Å². The van der Waals surface area contributed by atoms with Crippen LogP contribution >= 0.6 is 0 Å². The Kier molecular flexibility index (Phi) is 3.46. The predicted molar refractivity (Wildman–Crippen MR) is 46.7 cm³/mol. The fraction of sp³-hybridized carbons (Fsp3) is 1.00. The molecule has 0 saturated carbocycles. The first-order valence-corrected chi connectivity index (χ1v) is 4.45. The van der Waals surface area contributed by atoms with Gasteiger partial charge in [-0.05, 0) is 13.8 Å². The van der Waals surface area contributed by atoms with Crippen LogP contribution < -0.4 is 5.32 Å². The summed E-state index contributed by atoms with van der Waals surface area (Å²) in [5.74, 6) is 0. The number of nitrogens with zero attached hydrogens (tertiary/aromatic N) is 1. The average molecular weight is 174 g/mol. The van der Waals surface area contributed by atoms with Crippen LogP contribution in [0.5, 0.6) is 0 Å². The van der Waals surface area contributed by atoms with E-state index in [1.807, 2.05) is 4.90 Å². The van der Waals surface area contributed by atoms with E-state index >= 15 is 0 Å². The summed E-state index contributed by atoms with van der Waals surface area (Å²) in [5.41, 5.74) is 0. The molecular weight excluding hydrogens is 156 g/mol. The first kappa shape index (κ1) is 9.92. The molecule has 4 heteroatoms. The van der Waals surface area contributed by atoms with E-state index in [9.17, 15) is 10.2 Å². The molecule has 3 N–H and O–H groups in total. The molecule has 0 aromatic rings. The predicted octanol–water partition coefficient (Wildman–Crippen LogP) is -1.02. The largest absolute Gasteiger partial charge is 0.392 e. The SMILES string of the molecule is CC(O)C1CN(C(C)O)CCN1. The molecule has 0 aromatic heterocycles. The fourth-order valence-electron chi connectivity index (χ4n) is 1.46. The second-order valence-corrected chi connectivity index (χ2v) is 3.43. The fourth-order valence-corrected chi connectivity index (χ4v) is 1.46. The molecule has 4 nitrogen and oxygen atoms in total. The molecule has 3 unspecified atom stereocenters. The highest BCUT2D eigenvalue weighted by Gasteiger charge is 2.24. The topological polar surface area (TPSA) is 55.7 Å². The molecule has 72 valence electrons. The highest BCUT2D eigenvalue weighted by Crippen LogP contribution is 2.05. The molecule has 12 heavy (non-hydrogen) atoms. The van der Waals surface area contributed by atoms with Gasteiger partial charge in [0, 0.05) is 25.7 Å². The number of rotatable bonds is 2. The van der Waals surface area contributed by atoms with Crippen LogP contribution in [0.25, 0.3) is 0 Å². The van der Waals surface area contributed by atoms with Crippen molar-refractivity contribution >= 4 is 0 Å². The van der Waals surface area contributed by atoms with Crippen LogP contribution in [0.3, 0.4) is 0 Å². The van der Waals surface area contributed by atoms with Crippen molar-refractivity contribution in [1.29, 1.82) is 0 Å². The lowest BCUT2D eigenvalue weighted by Gasteiger charge is -2.36. The zero-order valence-corrected chi connectivity index (χ0v) is 7.70. The molecule has 0 aliphatic carbocycles. The smallest absolute Gasteiger partial charge is 0.104 e. The molecule has 1 heterocycles. The van der Waals surface area contributed by atoms with Gasteiger partial charge < -0.3 is 15.5 Å². The minimum atomic E-state index is -0.409. The van der Waals surface area contributed by atoms with E-state index in [0.717, 1.165) is 19.6 Å². The Bertz CT molecular complexity index is 125. The summed E-state index contributed by atoms with van der Waals surface area (Å²) >= 11 is 0. The van der Waals surface area contributed by atoms with Gasteiger partial charge in [-0.3, -0.25) is 4.90 Å². The van der Waals surface area contributed by atoms with Crippen LogP contribution in [0, 0.1) is 0 Å². The Balaban J connectivity index is 2.40. The second kappa shape index (κ2) is 4.18. The molecule has 1 saturated heterocycles. The van der Waals surface area contributed by atoms with Crippen LogP contribution in [0.4, 0.5) is 0 Å². The van der Waals surface area contributed by atoms with E-state index in [2.05, 4.69) is 5.32 Å². The highest BCUT2D eigenvalue weighted by molar-refractivity contribution is 4.82. The van der Waals surface area contributed by atoms with Gasteiger partial charge in [-0.1, -0.05) is 0 Å². The van der Waals surface area contributed by atoms with E-state index in [4.69, 9.17) is 0 Å². The van der Waals surface area contributed by atoms with Gasteiger partial charge in [-0.15, -0.1) is 0 Å². The maximum absolute atomic E-state index is 9.31. The van der Waals surface area contributed by atoms with Crippen molar-refractivity contribution in [3.63, 3.8) is 0 Å². The third kappa shape index (κ3) is 2.42. The second-order valence-electron chi connectivity index (χ2n) is 3.43. The van der Waals surface area contributed by atoms with E-state index < -0.39 is 6.23 Å². The van der Waals surface area contributed by atoms with Crippen molar-refractivity contribution in [1.82, 2.24) is 10.2 Å². The Labute approximate surface area is 73.2 Å². The molecule has 0 aromatic carbocycles. The number of nitrogens with one attached hydrogen (secondary N) is 1. The van der Waals surface area contributed by atoms with Gasteiger partial charge >= 0.3 is 0 Å². The van der Waals surface area contributed by atoms with Crippen LogP contribution in [0.1, 0.15) is 13.8 Å². The number of hydrogen-bond donors (Lipinski definition) is 3. The van der Waals surface area contributed by atoms with Crippen molar-refractivity contribution in [3.8, 4) is 0 Å². The normalized spacial score (nSPS) is 31.5. The molecule has 0 bridgehead atoms. The summed E-state index contributed by atoms with van der Waals surface area (Å²) in [6, 6.07) is 0.0911. The lowest BCUT2D eigenvalue weighted by molar-refractivity contribution is -0.0156. The van der Waals surface area contributed by atoms with Crippen molar-refractivity contribution in [2.45, 2.75) is 32.2 Å². The van der Waals surface area contributed by atoms with Gasteiger partial charge in [0.05, 0.1) is 6.10 Å². The molecule has 3 atom stereocenters. The molecule has 0 radical (unpaired) electrons. The number of aliphatic hydroxyl groups is 2. The van der Waals surface area contributed by atoms with Crippen molar-refractivity contribution in [2.75, 3.05) is 19.6 Å². The van der Waals surface area contributed by atoms with Crippen LogP contribution in [-0.4, -0.2) is 53.1 Å². The van der Waals surface area contributed by atoms with Gasteiger partial charge in [0.25, 0.3) is 0 Å². The Morgan fingerprint density at radius 2 is 2.08 bits per heavy atom. The lowest BCUT2D eigenvalue weighted by Crippen LogP contribution is -2.56. The first-order valence-electron chi connectivity index (χ1n) is 4.45. The van der Waals surface area contributed by atoms with Crippen LogP contribution in [-0.2, 0) is 0 Å². The highest BCUT2D eigenvalue weighted by atomic mass is 16.3. The maximum Gasteiger partial charge on any atom is 0.104 e. The minimum absolute atomic E-state index is 0.0911. The summed E-state index contributed by atoms with van der Waals surface area (Å²) in [4.78, 5) is 1.95. The molecular formula is C8H18N2O2. The average Bonchev–Trinajstić information content (AvgIpc) is 2.04. The Morgan fingerprint density at radius 1 is 1.42 bits per heavy atom. The van der Waals surface area contributed by atoms with Crippen molar-refractivity contribution in [3.05, 3.63) is 0 Å². The Morgan fingerprint density at radius 3 is 2.58 bits per heavy atom. The summed E-state index contributed by atoms with van der Waals surface area (Å²) in [7, 11) is 0. The van der Waals surface area contributed by atoms with E-state index in [0.29, 0.717) is 0 Å². The van der Waals surface area contributed by atoms with Gasteiger partial charge in [-0.2, -0.15) is 0 Å². The maximum atomic E-state index is 9.31. The summed E-state index contributed by atoms with van der Waals surface area (Å²) < 4.78 is 0. The van der Waals surface area contributed by atoms with Crippen LogP contribution in [0.2, 0.25) is 0 Å². The molecule has 0 amide bonds. The van der Waals surface area contributed by atoms with Crippen LogP contribution in [0.15, 0.2) is 0 Å². The van der Waals surface area contributed by atoms with E-state index in [-0.39, 0.29) is 12.1 Å². The molecule has 1 rings (SSSR count). The molecule has 0 spiro atoms. The lowest BCUT2D eigenvalue weighted by atomic mass is 10.1. The van der Waals surface area contributed by atoms with Gasteiger partial charge in [0.1, 0.15) is 6.23 Å². The third-order valence-electron chi connectivity index (χ3n) is 2.35. The minimum Gasteiger partial charge on any atom is -0.392 e. The van der Waals surface area contributed by atoms with Gasteiger partial charge in [-0.25, -0.2) is 0 Å². The monoisotopic (exact) mass is 174 g/mol. The summed E-state index contributed by atoms with van der Waals surface area (Å²) in [5, 5.41) is 21.8. The summed E-state index contributed by atoms with van der Waals surface area (Å²) in [6.45, 7) is 5.92. The Hall–Kier alpha value is -0.160. The van der Waals surface area contributed by atoms with E-state index in [1.165, 1.54) is 0 Å². The number of piperazine rings is 1. The van der Waals surface area contributed by atoms with E-state index in [1.54, 1.807) is 13.8 Å². The first-order chi connectivity index (χ1) is 5.61.